The lowest BCUT2D eigenvalue weighted by atomic mass is 10.0. The van der Waals surface area contributed by atoms with E-state index in [9.17, 15) is 0 Å². The first kappa shape index (κ1) is 10.7. The van der Waals surface area contributed by atoms with Crippen LogP contribution in [0.4, 0.5) is 5.82 Å². The van der Waals surface area contributed by atoms with Gasteiger partial charge in [0.2, 0.25) is 0 Å². The van der Waals surface area contributed by atoms with Gasteiger partial charge >= 0.3 is 0 Å². The molecule has 0 saturated carbocycles. The van der Waals surface area contributed by atoms with Gasteiger partial charge in [0.25, 0.3) is 0 Å². The predicted molar refractivity (Wildman–Crippen MR) is 66.8 cm³/mol. The number of nitrogen functional groups attached to an aromatic ring is 1. The highest BCUT2D eigenvalue weighted by Gasteiger charge is 2.08. The molecule has 0 aliphatic heterocycles. The number of hydrogen-bond donors (Lipinski definition) is 1. The zero-order chi connectivity index (χ0) is 11.7. The molecule has 16 heavy (non-hydrogen) atoms. The second-order valence-corrected chi connectivity index (χ2v) is 4.18. The van der Waals surface area contributed by atoms with Gasteiger partial charge in [-0.1, -0.05) is 13.8 Å². The van der Waals surface area contributed by atoms with Crippen LogP contribution in [0, 0.1) is 0 Å². The van der Waals surface area contributed by atoms with Gasteiger partial charge in [0, 0.05) is 5.39 Å². The summed E-state index contributed by atoms with van der Waals surface area (Å²) in [6, 6.07) is 7.89. The van der Waals surface area contributed by atoms with Crippen molar-refractivity contribution in [1.29, 1.82) is 0 Å². The van der Waals surface area contributed by atoms with E-state index in [-0.39, 0.29) is 0 Å². The molecule has 1 aromatic heterocycles. The second-order valence-electron chi connectivity index (χ2n) is 4.18. The van der Waals surface area contributed by atoms with Gasteiger partial charge in [-0.15, -0.1) is 0 Å². The fourth-order valence-corrected chi connectivity index (χ4v) is 1.78. The Morgan fingerprint density at radius 2 is 2.00 bits per heavy atom. The summed E-state index contributed by atoms with van der Waals surface area (Å²) in [5.74, 6) is 1.84. The number of nitrogens with zero attached hydrogens (tertiary/aromatic N) is 1. The zero-order valence-electron chi connectivity index (χ0n) is 9.82. The quantitative estimate of drug-likeness (QED) is 0.839. The van der Waals surface area contributed by atoms with Crippen molar-refractivity contribution in [3.63, 3.8) is 0 Å². The largest absolute Gasteiger partial charge is 0.497 e. The fourth-order valence-electron chi connectivity index (χ4n) is 1.78. The summed E-state index contributed by atoms with van der Waals surface area (Å²) in [4.78, 5) is 4.39. The highest BCUT2D eigenvalue weighted by Crippen LogP contribution is 2.27. The summed E-state index contributed by atoms with van der Waals surface area (Å²) in [6.07, 6.45) is 0. The smallest absolute Gasteiger partial charge is 0.127 e. The minimum atomic E-state index is 0.378. The first-order valence-electron chi connectivity index (χ1n) is 5.36. The predicted octanol–water partition coefficient (Wildman–Crippen LogP) is 2.95. The normalized spacial score (nSPS) is 11.0. The maximum atomic E-state index is 5.92. The number of pyridine rings is 1. The molecular formula is C13H16N2O. The van der Waals surface area contributed by atoms with E-state index in [1.807, 2.05) is 18.2 Å². The molecule has 0 spiro atoms. The summed E-state index contributed by atoms with van der Waals surface area (Å²) in [7, 11) is 1.66. The highest BCUT2D eigenvalue weighted by atomic mass is 16.5. The molecule has 0 saturated heterocycles. The van der Waals surface area contributed by atoms with Gasteiger partial charge in [-0.25, -0.2) is 4.98 Å². The molecule has 3 nitrogen and oxygen atoms in total. The molecule has 1 aromatic carbocycles. The van der Waals surface area contributed by atoms with Gasteiger partial charge in [0.1, 0.15) is 11.6 Å². The fraction of sp³-hybridized carbons (Fsp3) is 0.308. The number of hydrogen-bond acceptors (Lipinski definition) is 3. The summed E-state index contributed by atoms with van der Waals surface area (Å²) in [5, 5.41) is 1.07. The lowest BCUT2D eigenvalue weighted by Gasteiger charge is -2.10. The summed E-state index contributed by atoms with van der Waals surface area (Å²) >= 11 is 0. The number of nitrogens with two attached hydrogens (primary N) is 1. The third-order valence-corrected chi connectivity index (χ3v) is 2.70. The number of aromatic nitrogens is 1. The molecule has 2 aromatic rings. The third kappa shape index (κ3) is 1.81. The van der Waals surface area contributed by atoms with Crippen molar-refractivity contribution >= 4 is 16.7 Å². The minimum Gasteiger partial charge on any atom is -0.497 e. The van der Waals surface area contributed by atoms with E-state index < -0.39 is 0 Å². The van der Waals surface area contributed by atoms with Crippen molar-refractivity contribution in [2.45, 2.75) is 19.8 Å². The van der Waals surface area contributed by atoms with Crippen molar-refractivity contribution in [3.8, 4) is 5.75 Å². The number of methoxy groups -OCH3 is 1. The van der Waals surface area contributed by atoms with E-state index in [0.717, 1.165) is 22.2 Å². The maximum absolute atomic E-state index is 5.92. The van der Waals surface area contributed by atoms with E-state index in [1.54, 1.807) is 7.11 Å². The zero-order valence-corrected chi connectivity index (χ0v) is 9.82. The Labute approximate surface area is 95.2 Å². The van der Waals surface area contributed by atoms with Crippen LogP contribution in [0.25, 0.3) is 10.9 Å². The topological polar surface area (TPSA) is 48.1 Å². The maximum Gasteiger partial charge on any atom is 0.127 e. The van der Waals surface area contributed by atoms with Crippen LogP contribution in [-0.4, -0.2) is 12.1 Å². The van der Waals surface area contributed by atoms with Crippen molar-refractivity contribution in [1.82, 2.24) is 4.98 Å². The van der Waals surface area contributed by atoms with Crippen molar-refractivity contribution in [3.05, 3.63) is 29.8 Å². The molecule has 0 amide bonds. The molecule has 0 radical (unpaired) electrons. The molecular weight excluding hydrogens is 200 g/mol. The summed E-state index contributed by atoms with van der Waals surface area (Å²) in [5.41, 5.74) is 7.91. The standard InChI is InChI=1S/C13H16N2O/c1-8(2)11-7-9-6-10(16-3)4-5-12(9)15-13(11)14/h4-8H,1-3H3,(H2,14,15). The lowest BCUT2D eigenvalue weighted by molar-refractivity contribution is 0.415. The van der Waals surface area contributed by atoms with Crippen LogP contribution in [-0.2, 0) is 0 Å². The molecule has 0 atom stereocenters. The number of rotatable bonds is 2. The van der Waals surface area contributed by atoms with Crippen LogP contribution in [0.3, 0.4) is 0 Å². The third-order valence-electron chi connectivity index (χ3n) is 2.70. The van der Waals surface area contributed by atoms with Crippen molar-refractivity contribution in [2.24, 2.45) is 0 Å². The monoisotopic (exact) mass is 216 g/mol. The Bertz CT molecular complexity index is 521. The molecule has 84 valence electrons. The van der Waals surface area contributed by atoms with Gasteiger partial charge in [-0.05, 0) is 35.7 Å². The molecule has 0 fully saturated rings. The van der Waals surface area contributed by atoms with Crippen LogP contribution in [0.1, 0.15) is 25.3 Å². The molecule has 0 unspecified atom stereocenters. The molecule has 3 heteroatoms. The minimum absolute atomic E-state index is 0.378. The van der Waals surface area contributed by atoms with Crippen LogP contribution >= 0.6 is 0 Å². The lowest BCUT2D eigenvalue weighted by Crippen LogP contribution is -2.00. The summed E-state index contributed by atoms with van der Waals surface area (Å²) in [6.45, 7) is 4.22. The highest BCUT2D eigenvalue weighted by molar-refractivity contribution is 5.83. The molecule has 0 aliphatic rings. The molecule has 2 rings (SSSR count). The Hall–Kier alpha value is -1.77. The van der Waals surface area contributed by atoms with Crippen LogP contribution in [0.5, 0.6) is 5.75 Å². The van der Waals surface area contributed by atoms with E-state index in [1.165, 1.54) is 0 Å². The second kappa shape index (κ2) is 4.00. The van der Waals surface area contributed by atoms with E-state index >= 15 is 0 Å². The number of fused-ring (bicyclic) bond motifs is 1. The van der Waals surface area contributed by atoms with Crippen LogP contribution in [0.15, 0.2) is 24.3 Å². The first-order chi connectivity index (χ1) is 7.61. The molecule has 2 N–H and O–H groups in total. The average molecular weight is 216 g/mol. The number of ether oxygens (including phenoxy) is 1. The van der Waals surface area contributed by atoms with Crippen molar-refractivity contribution in [2.75, 3.05) is 12.8 Å². The van der Waals surface area contributed by atoms with E-state index in [0.29, 0.717) is 11.7 Å². The van der Waals surface area contributed by atoms with Crippen LogP contribution < -0.4 is 10.5 Å². The Balaban J connectivity index is 2.65. The van der Waals surface area contributed by atoms with E-state index in [4.69, 9.17) is 10.5 Å². The Morgan fingerprint density at radius 3 is 2.62 bits per heavy atom. The number of anilines is 1. The first-order valence-corrected chi connectivity index (χ1v) is 5.36. The average Bonchev–Trinajstić information content (AvgIpc) is 2.27. The van der Waals surface area contributed by atoms with Gasteiger partial charge in [-0.3, -0.25) is 0 Å². The SMILES string of the molecule is COc1ccc2nc(N)c(C(C)C)cc2c1. The van der Waals surface area contributed by atoms with E-state index in [2.05, 4.69) is 24.9 Å². The van der Waals surface area contributed by atoms with Gasteiger partial charge in [-0.2, -0.15) is 0 Å². The molecule has 1 heterocycles. The molecule has 0 aliphatic carbocycles. The van der Waals surface area contributed by atoms with Gasteiger partial charge < -0.3 is 10.5 Å². The number of benzene rings is 1. The molecule has 0 bridgehead atoms. The van der Waals surface area contributed by atoms with Crippen LogP contribution in [0.2, 0.25) is 0 Å². The summed E-state index contributed by atoms with van der Waals surface area (Å²) < 4.78 is 5.19. The van der Waals surface area contributed by atoms with Gasteiger partial charge in [0.05, 0.1) is 12.6 Å². The van der Waals surface area contributed by atoms with Crippen molar-refractivity contribution < 1.29 is 4.74 Å². The Morgan fingerprint density at radius 1 is 1.25 bits per heavy atom. The Kier molecular flexibility index (Phi) is 2.69. The van der Waals surface area contributed by atoms with Gasteiger partial charge in [0.15, 0.2) is 0 Å².